The molecule has 0 amide bonds. The summed E-state index contributed by atoms with van der Waals surface area (Å²) >= 11 is 5.95. The van der Waals surface area contributed by atoms with Gasteiger partial charge in [-0.05, 0) is 31.0 Å². The van der Waals surface area contributed by atoms with Gasteiger partial charge >= 0.3 is 0 Å². The minimum absolute atomic E-state index is 0.211. The fourth-order valence-electron chi connectivity index (χ4n) is 2.22. The zero-order chi connectivity index (χ0) is 14.4. The number of hydrogen-bond acceptors (Lipinski definition) is 2. The van der Waals surface area contributed by atoms with Gasteiger partial charge < -0.3 is 4.98 Å². The number of nitrogens with one attached hydrogen (secondary N) is 1. The predicted octanol–water partition coefficient (Wildman–Crippen LogP) is 4.21. The van der Waals surface area contributed by atoms with Gasteiger partial charge in [-0.25, -0.2) is 0 Å². The summed E-state index contributed by atoms with van der Waals surface area (Å²) in [6, 6.07) is 7.46. The number of hydrogen-bond donors (Lipinski definition) is 1. The maximum Gasteiger partial charge on any atom is 0.266 e. The molecule has 0 unspecified atom stereocenters. The molecule has 0 aliphatic rings. The largest absolute Gasteiger partial charge is 0.324 e. The van der Waals surface area contributed by atoms with Gasteiger partial charge in [0.2, 0.25) is 0 Å². The number of aryl methyl sites for hydroxylation is 1. The molecule has 2 heterocycles. The van der Waals surface area contributed by atoms with Crippen molar-refractivity contribution in [3.05, 3.63) is 51.5 Å². The number of aromatic nitrogens is 2. The summed E-state index contributed by atoms with van der Waals surface area (Å²) in [7, 11) is 0. The fourth-order valence-corrected chi connectivity index (χ4v) is 2.38. The summed E-state index contributed by atoms with van der Waals surface area (Å²) in [5.74, 6) is 0. The Morgan fingerprint density at radius 1 is 1.25 bits per heavy atom. The summed E-state index contributed by atoms with van der Waals surface area (Å²) in [5, 5.41) is 0.211. The van der Waals surface area contributed by atoms with Gasteiger partial charge in [0.1, 0.15) is 5.02 Å². The average Bonchev–Trinajstić information content (AvgIpc) is 2.48. The summed E-state index contributed by atoms with van der Waals surface area (Å²) in [4.78, 5) is 18.9. The Hall–Kier alpha value is -1.61. The lowest BCUT2D eigenvalue weighted by atomic mass is 10.0. The number of H-pyrrole nitrogens is 1. The topological polar surface area (TPSA) is 45.8 Å². The van der Waals surface area contributed by atoms with Gasteiger partial charge in [-0.2, -0.15) is 0 Å². The Morgan fingerprint density at radius 2 is 2.10 bits per heavy atom. The number of rotatable bonds is 6. The van der Waals surface area contributed by atoms with Crippen molar-refractivity contribution in [2.24, 2.45) is 0 Å². The van der Waals surface area contributed by atoms with E-state index in [1.165, 1.54) is 19.3 Å². The SMILES string of the molecule is CCCCCCc1[nH]c(=O)c(Cl)cc1-c1ccccn1. The van der Waals surface area contributed by atoms with Crippen molar-refractivity contribution in [1.82, 2.24) is 9.97 Å². The van der Waals surface area contributed by atoms with Crippen LogP contribution in [0.1, 0.15) is 38.3 Å². The molecule has 0 aromatic carbocycles. The van der Waals surface area contributed by atoms with Gasteiger partial charge in [0, 0.05) is 17.5 Å². The molecule has 20 heavy (non-hydrogen) atoms. The van der Waals surface area contributed by atoms with Crippen molar-refractivity contribution >= 4 is 11.6 Å². The van der Waals surface area contributed by atoms with Gasteiger partial charge in [0.05, 0.1) is 5.69 Å². The highest BCUT2D eigenvalue weighted by atomic mass is 35.5. The minimum atomic E-state index is -0.225. The van der Waals surface area contributed by atoms with Crippen LogP contribution in [0.2, 0.25) is 5.02 Å². The third-order valence-electron chi connectivity index (χ3n) is 3.30. The van der Waals surface area contributed by atoms with E-state index in [-0.39, 0.29) is 10.6 Å². The molecule has 0 saturated heterocycles. The Labute approximate surface area is 124 Å². The highest BCUT2D eigenvalue weighted by Gasteiger charge is 2.10. The molecule has 0 aliphatic carbocycles. The number of pyridine rings is 2. The zero-order valence-electron chi connectivity index (χ0n) is 11.7. The van der Waals surface area contributed by atoms with Gasteiger partial charge in [-0.3, -0.25) is 9.78 Å². The molecule has 2 rings (SSSR count). The van der Waals surface area contributed by atoms with Gasteiger partial charge in [-0.15, -0.1) is 0 Å². The lowest BCUT2D eigenvalue weighted by Crippen LogP contribution is -2.11. The van der Waals surface area contributed by atoms with Crippen LogP contribution >= 0.6 is 11.6 Å². The quantitative estimate of drug-likeness (QED) is 0.810. The van der Waals surface area contributed by atoms with Crippen LogP contribution in [0.15, 0.2) is 35.3 Å². The molecule has 106 valence electrons. The van der Waals surface area contributed by atoms with Crippen LogP contribution in [0.5, 0.6) is 0 Å². The first kappa shape index (κ1) is 14.8. The van der Waals surface area contributed by atoms with E-state index in [9.17, 15) is 4.79 Å². The van der Waals surface area contributed by atoms with Crippen molar-refractivity contribution in [1.29, 1.82) is 0 Å². The highest BCUT2D eigenvalue weighted by molar-refractivity contribution is 6.30. The number of halogens is 1. The van der Waals surface area contributed by atoms with Crippen molar-refractivity contribution < 1.29 is 0 Å². The van der Waals surface area contributed by atoms with E-state index in [4.69, 9.17) is 11.6 Å². The van der Waals surface area contributed by atoms with Crippen LogP contribution in [-0.2, 0) is 6.42 Å². The monoisotopic (exact) mass is 290 g/mol. The molecule has 0 spiro atoms. The van der Waals surface area contributed by atoms with Crippen LogP contribution in [0.25, 0.3) is 11.3 Å². The van der Waals surface area contributed by atoms with Crippen molar-refractivity contribution in [3.63, 3.8) is 0 Å². The predicted molar refractivity (Wildman–Crippen MR) is 83.1 cm³/mol. The van der Waals surface area contributed by atoms with E-state index in [1.807, 2.05) is 18.2 Å². The molecule has 1 N–H and O–H groups in total. The second-order valence-electron chi connectivity index (χ2n) is 4.86. The van der Waals surface area contributed by atoms with Crippen LogP contribution in [0.3, 0.4) is 0 Å². The molecular weight excluding hydrogens is 272 g/mol. The molecular formula is C16H19ClN2O. The standard InChI is InChI=1S/C16H19ClN2O/c1-2-3-4-5-9-15-12(11-13(17)16(20)19-15)14-8-6-7-10-18-14/h6-8,10-11H,2-5,9H2,1H3,(H,19,20). The Balaban J connectivity index is 2.29. The lowest BCUT2D eigenvalue weighted by Gasteiger charge is -2.09. The molecule has 0 fully saturated rings. The van der Waals surface area contributed by atoms with Crippen LogP contribution in [-0.4, -0.2) is 9.97 Å². The molecule has 0 bridgehead atoms. The first-order valence-electron chi connectivity index (χ1n) is 7.05. The Bertz CT molecular complexity index is 608. The van der Waals surface area contributed by atoms with Crippen molar-refractivity contribution in [2.45, 2.75) is 39.0 Å². The maximum atomic E-state index is 11.7. The van der Waals surface area contributed by atoms with E-state index in [0.717, 1.165) is 29.8 Å². The van der Waals surface area contributed by atoms with Crippen molar-refractivity contribution in [3.8, 4) is 11.3 Å². The van der Waals surface area contributed by atoms with Gasteiger partial charge in [0.25, 0.3) is 5.56 Å². The number of unbranched alkanes of at least 4 members (excludes halogenated alkanes) is 3. The Morgan fingerprint density at radius 3 is 2.80 bits per heavy atom. The van der Waals surface area contributed by atoms with E-state index in [1.54, 1.807) is 12.3 Å². The fraction of sp³-hybridized carbons (Fsp3) is 0.375. The average molecular weight is 291 g/mol. The normalized spacial score (nSPS) is 10.7. The second-order valence-corrected chi connectivity index (χ2v) is 5.27. The van der Waals surface area contributed by atoms with E-state index >= 15 is 0 Å². The van der Waals surface area contributed by atoms with E-state index in [0.29, 0.717) is 0 Å². The van der Waals surface area contributed by atoms with Crippen LogP contribution in [0, 0.1) is 0 Å². The first-order chi connectivity index (χ1) is 9.72. The molecule has 2 aromatic heterocycles. The molecule has 4 heteroatoms. The molecule has 0 radical (unpaired) electrons. The third kappa shape index (κ3) is 3.70. The summed E-state index contributed by atoms with van der Waals surface area (Å²) < 4.78 is 0. The minimum Gasteiger partial charge on any atom is -0.324 e. The van der Waals surface area contributed by atoms with Gasteiger partial charge in [0.15, 0.2) is 0 Å². The lowest BCUT2D eigenvalue weighted by molar-refractivity contribution is 0.660. The molecule has 0 atom stereocenters. The Kier molecular flexibility index (Phi) is 5.36. The van der Waals surface area contributed by atoms with Crippen molar-refractivity contribution in [2.75, 3.05) is 0 Å². The number of aromatic amines is 1. The molecule has 2 aromatic rings. The third-order valence-corrected chi connectivity index (χ3v) is 3.58. The van der Waals surface area contributed by atoms with Gasteiger partial charge in [-0.1, -0.05) is 43.9 Å². The van der Waals surface area contributed by atoms with E-state index < -0.39 is 0 Å². The summed E-state index contributed by atoms with van der Waals surface area (Å²) in [6.45, 7) is 2.18. The molecule has 0 saturated carbocycles. The van der Waals surface area contributed by atoms with E-state index in [2.05, 4.69) is 16.9 Å². The smallest absolute Gasteiger partial charge is 0.266 e. The first-order valence-corrected chi connectivity index (χ1v) is 7.43. The molecule has 0 aliphatic heterocycles. The summed E-state index contributed by atoms with van der Waals surface area (Å²) in [5.41, 5.74) is 2.47. The second kappa shape index (κ2) is 7.25. The maximum absolute atomic E-state index is 11.7. The zero-order valence-corrected chi connectivity index (χ0v) is 12.4. The number of nitrogens with zero attached hydrogens (tertiary/aromatic N) is 1. The summed E-state index contributed by atoms with van der Waals surface area (Å²) in [6.07, 6.45) is 7.24. The molecule has 3 nitrogen and oxygen atoms in total. The highest BCUT2D eigenvalue weighted by Crippen LogP contribution is 2.23. The van der Waals surface area contributed by atoms with Crippen LogP contribution in [0.4, 0.5) is 0 Å². The van der Waals surface area contributed by atoms with Crippen LogP contribution < -0.4 is 5.56 Å².